The standard InChI is InChI=1S/C26H31N3O4S/c1-18(2)34-17-24(30)27-21-10-8-20(9-11-21)25(31)28-14-12-22(13-15-28)29-23(16-33-26(29)32)19-6-4-3-5-7-19/h3-11,18,22-23H,12-17H2,1-2H3,(H,27,30)/t23-/m0/s1. The van der Waals surface area contributed by atoms with Crippen LogP contribution in [-0.2, 0) is 9.53 Å². The first-order valence-corrected chi connectivity index (χ1v) is 12.8. The molecule has 0 aromatic heterocycles. The molecule has 2 aliphatic rings. The first-order chi connectivity index (χ1) is 16.4. The number of rotatable bonds is 7. The van der Waals surface area contributed by atoms with Crippen LogP contribution in [0.1, 0.15) is 48.7 Å². The van der Waals surface area contributed by atoms with Crippen LogP contribution in [0.3, 0.4) is 0 Å². The van der Waals surface area contributed by atoms with Gasteiger partial charge in [0.2, 0.25) is 5.91 Å². The Hall–Kier alpha value is -3.00. The molecule has 3 amide bonds. The molecule has 0 bridgehead atoms. The molecule has 2 aromatic rings. The molecule has 2 saturated heterocycles. The van der Waals surface area contributed by atoms with E-state index in [9.17, 15) is 14.4 Å². The van der Waals surface area contributed by atoms with Gasteiger partial charge in [-0.15, -0.1) is 11.8 Å². The largest absolute Gasteiger partial charge is 0.447 e. The van der Waals surface area contributed by atoms with E-state index < -0.39 is 0 Å². The first-order valence-electron chi connectivity index (χ1n) is 11.7. The molecule has 2 fully saturated rings. The van der Waals surface area contributed by atoms with Crippen LogP contribution in [0.2, 0.25) is 0 Å². The number of hydrogen-bond donors (Lipinski definition) is 1. The van der Waals surface area contributed by atoms with Gasteiger partial charge in [-0.1, -0.05) is 44.2 Å². The SMILES string of the molecule is CC(C)SCC(=O)Nc1ccc(C(=O)N2CCC(N3C(=O)OC[C@H]3c3ccccc3)CC2)cc1. The number of carbonyl (C=O) groups is 3. The van der Waals surface area contributed by atoms with Gasteiger partial charge in [-0.2, -0.15) is 0 Å². The summed E-state index contributed by atoms with van der Waals surface area (Å²) in [4.78, 5) is 41.2. The zero-order valence-corrected chi connectivity index (χ0v) is 20.4. The third kappa shape index (κ3) is 5.73. The van der Waals surface area contributed by atoms with Crippen molar-refractivity contribution in [2.45, 2.75) is 44.0 Å². The predicted octanol–water partition coefficient (Wildman–Crippen LogP) is 4.56. The number of likely N-dealkylation sites (tertiary alicyclic amines) is 1. The van der Waals surface area contributed by atoms with Gasteiger partial charge in [-0.05, 0) is 47.9 Å². The van der Waals surface area contributed by atoms with Gasteiger partial charge in [0, 0.05) is 30.4 Å². The van der Waals surface area contributed by atoms with E-state index in [-0.39, 0.29) is 30.0 Å². The molecule has 2 aliphatic heterocycles. The van der Waals surface area contributed by atoms with Crippen molar-refractivity contribution in [3.63, 3.8) is 0 Å². The summed E-state index contributed by atoms with van der Waals surface area (Å²) in [5.41, 5.74) is 2.35. The summed E-state index contributed by atoms with van der Waals surface area (Å²) < 4.78 is 5.37. The van der Waals surface area contributed by atoms with E-state index in [1.165, 1.54) is 0 Å². The monoisotopic (exact) mass is 481 g/mol. The quantitative estimate of drug-likeness (QED) is 0.627. The average Bonchev–Trinajstić information content (AvgIpc) is 3.25. The first kappa shape index (κ1) is 24.1. The highest BCUT2D eigenvalue weighted by Gasteiger charge is 2.40. The van der Waals surface area contributed by atoms with Crippen LogP contribution >= 0.6 is 11.8 Å². The summed E-state index contributed by atoms with van der Waals surface area (Å²) in [5.74, 6) is 0.326. The molecule has 1 N–H and O–H groups in total. The van der Waals surface area contributed by atoms with Crippen LogP contribution in [0.15, 0.2) is 54.6 Å². The molecule has 0 unspecified atom stereocenters. The zero-order valence-electron chi connectivity index (χ0n) is 19.6. The molecule has 0 radical (unpaired) electrons. The summed E-state index contributed by atoms with van der Waals surface area (Å²) in [5, 5.41) is 3.27. The fourth-order valence-corrected chi connectivity index (χ4v) is 4.99. The number of hydrogen-bond acceptors (Lipinski definition) is 5. The number of carbonyl (C=O) groups excluding carboxylic acids is 3. The van der Waals surface area contributed by atoms with E-state index in [1.54, 1.807) is 36.0 Å². The van der Waals surface area contributed by atoms with E-state index in [4.69, 9.17) is 4.74 Å². The Labute approximate surface area is 204 Å². The molecule has 0 saturated carbocycles. The number of anilines is 1. The Morgan fingerprint density at radius 2 is 1.74 bits per heavy atom. The van der Waals surface area contributed by atoms with Crippen molar-refractivity contribution in [1.29, 1.82) is 0 Å². The second kappa shape index (κ2) is 11.0. The highest BCUT2D eigenvalue weighted by Crippen LogP contribution is 2.33. The molecule has 0 spiro atoms. The van der Waals surface area contributed by atoms with E-state index in [0.29, 0.717) is 54.8 Å². The molecular formula is C26H31N3O4S. The highest BCUT2D eigenvalue weighted by molar-refractivity contribution is 8.00. The molecule has 2 aromatic carbocycles. The van der Waals surface area contributed by atoms with Crippen LogP contribution < -0.4 is 5.32 Å². The maximum atomic E-state index is 13.0. The Morgan fingerprint density at radius 1 is 1.06 bits per heavy atom. The summed E-state index contributed by atoms with van der Waals surface area (Å²) in [6, 6.07) is 16.9. The van der Waals surface area contributed by atoms with Crippen LogP contribution in [-0.4, -0.2) is 64.4 Å². The van der Waals surface area contributed by atoms with Crippen LogP contribution in [0.25, 0.3) is 0 Å². The van der Waals surface area contributed by atoms with Crippen LogP contribution in [0, 0.1) is 0 Å². The van der Waals surface area contributed by atoms with Gasteiger partial charge in [0.1, 0.15) is 6.61 Å². The number of cyclic esters (lactones) is 1. The molecule has 1 atom stereocenters. The second-order valence-electron chi connectivity index (χ2n) is 8.92. The number of benzene rings is 2. The normalized spacial score (nSPS) is 18.8. The Kier molecular flexibility index (Phi) is 7.77. The van der Waals surface area contributed by atoms with Crippen molar-refractivity contribution in [3.05, 3.63) is 65.7 Å². The Balaban J connectivity index is 1.32. The van der Waals surface area contributed by atoms with Crippen LogP contribution in [0.5, 0.6) is 0 Å². The maximum Gasteiger partial charge on any atom is 0.410 e. The molecule has 34 heavy (non-hydrogen) atoms. The number of piperidine rings is 1. The number of ether oxygens (including phenoxy) is 1. The van der Waals surface area contributed by atoms with Gasteiger partial charge in [-0.25, -0.2) is 4.79 Å². The second-order valence-corrected chi connectivity index (χ2v) is 10.5. The van der Waals surface area contributed by atoms with Crippen LogP contribution in [0.4, 0.5) is 10.5 Å². The van der Waals surface area contributed by atoms with Crippen molar-refractivity contribution in [2.24, 2.45) is 0 Å². The van der Waals surface area contributed by atoms with Gasteiger partial charge in [0.25, 0.3) is 5.91 Å². The number of thioether (sulfide) groups is 1. The molecule has 8 heteroatoms. The molecule has 2 heterocycles. The maximum absolute atomic E-state index is 13.0. The number of nitrogens with zero attached hydrogens (tertiary/aromatic N) is 2. The molecule has 180 valence electrons. The Morgan fingerprint density at radius 3 is 2.38 bits per heavy atom. The molecule has 4 rings (SSSR count). The molecule has 7 nitrogen and oxygen atoms in total. The number of amides is 3. The van der Waals surface area contributed by atoms with Gasteiger partial charge in [0.05, 0.1) is 11.8 Å². The third-order valence-corrected chi connectivity index (χ3v) is 7.30. The highest BCUT2D eigenvalue weighted by atomic mass is 32.2. The van der Waals surface area contributed by atoms with Gasteiger partial charge < -0.3 is 15.0 Å². The fraction of sp³-hybridized carbons (Fsp3) is 0.423. The third-order valence-electron chi connectivity index (χ3n) is 6.20. The van der Waals surface area contributed by atoms with E-state index in [2.05, 4.69) is 19.2 Å². The predicted molar refractivity (Wildman–Crippen MR) is 134 cm³/mol. The van der Waals surface area contributed by atoms with Crippen molar-refractivity contribution in [2.75, 3.05) is 30.8 Å². The van der Waals surface area contributed by atoms with Crippen molar-refractivity contribution in [1.82, 2.24) is 9.80 Å². The minimum Gasteiger partial charge on any atom is -0.447 e. The van der Waals surface area contributed by atoms with Crippen molar-refractivity contribution >= 4 is 35.4 Å². The fourth-order valence-electron chi connectivity index (χ4n) is 4.43. The van der Waals surface area contributed by atoms with Gasteiger partial charge >= 0.3 is 6.09 Å². The van der Waals surface area contributed by atoms with Gasteiger partial charge in [-0.3, -0.25) is 14.5 Å². The average molecular weight is 482 g/mol. The smallest absolute Gasteiger partial charge is 0.410 e. The van der Waals surface area contributed by atoms with Crippen molar-refractivity contribution < 1.29 is 19.1 Å². The summed E-state index contributed by atoms with van der Waals surface area (Å²) in [7, 11) is 0. The Bertz CT molecular complexity index is 1000. The topological polar surface area (TPSA) is 79.0 Å². The molecular weight excluding hydrogens is 450 g/mol. The lowest BCUT2D eigenvalue weighted by Gasteiger charge is -2.38. The summed E-state index contributed by atoms with van der Waals surface area (Å²) in [6.07, 6.45) is 1.15. The van der Waals surface area contributed by atoms with E-state index in [0.717, 1.165) is 5.56 Å². The minimum atomic E-state index is -0.275. The van der Waals surface area contributed by atoms with Crippen molar-refractivity contribution in [3.8, 4) is 0 Å². The number of nitrogens with one attached hydrogen (secondary N) is 1. The van der Waals surface area contributed by atoms with E-state index >= 15 is 0 Å². The lowest BCUT2D eigenvalue weighted by atomic mass is 9.98. The van der Waals surface area contributed by atoms with E-state index in [1.807, 2.05) is 40.1 Å². The lowest BCUT2D eigenvalue weighted by Crippen LogP contribution is -2.47. The lowest BCUT2D eigenvalue weighted by molar-refractivity contribution is -0.113. The summed E-state index contributed by atoms with van der Waals surface area (Å²) in [6.45, 7) is 5.64. The molecule has 0 aliphatic carbocycles. The zero-order chi connectivity index (χ0) is 24.1. The summed E-state index contributed by atoms with van der Waals surface area (Å²) >= 11 is 1.59. The minimum absolute atomic E-state index is 0.0321. The van der Waals surface area contributed by atoms with Gasteiger partial charge in [0.15, 0.2) is 0 Å².